The van der Waals surface area contributed by atoms with Gasteiger partial charge in [0.15, 0.2) is 0 Å². The Morgan fingerprint density at radius 1 is 1.21 bits per heavy atom. The number of hydrogen-bond acceptors (Lipinski definition) is 2. The van der Waals surface area contributed by atoms with Gasteiger partial charge in [-0.15, -0.1) is 0 Å². The molecule has 5 heteroatoms. The van der Waals surface area contributed by atoms with Crippen molar-refractivity contribution in [2.75, 3.05) is 0 Å². The van der Waals surface area contributed by atoms with Crippen molar-refractivity contribution in [3.05, 3.63) is 40.4 Å². The molecule has 19 heavy (non-hydrogen) atoms. The lowest BCUT2D eigenvalue weighted by Gasteiger charge is -2.06. The average Bonchev–Trinajstić information content (AvgIpc) is 2.94. The second-order valence-electron chi connectivity index (χ2n) is 5.03. The molecule has 0 amide bonds. The number of aryl methyl sites for hydroxylation is 1. The summed E-state index contributed by atoms with van der Waals surface area (Å²) in [7, 11) is 0. The maximum absolute atomic E-state index is 11.5. The molecule has 0 bridgehead atoms. The van der Waals surface area contributed by atoms with Gasteiger partial charge in [0.2, 0.25) is 0 Å². The molecule has 2 heterocycles. The van der Waals surface area contributed by atoms with Gasteiger partial charge in [-0.25, -0.2) is 4.79 Å². The normalized spacial score (nSPS) is 11.6. The fraction of sp³-hybridized carbons (Fsp3) is 0.286. The monoisotopic (exact) mass is 256 g/mol. The van der Waals surface area contributed by atoms with Crippen molar-refractivity contribution in [2.45, 2.75) is 26.8 Å². The predicted octanol–water partition coefficient (Wildman–Crippen LogP) is 2.61. The van der Waals surface area contributed by atoms with Gasteiger partial charge in [-0.3, -0.25) is 4.68 Å². The maximum Gasteiger partial charge on any atom is 0.323 e. The Morgan fingerprint density at radius 3 is 2.68 bits per heavy atom. The van der Waals surface area contributed by atoms with Crippen LogP contribution >= 0.6 is 0 Å². The Balaban J connectivity index is 2.27. The van der Waals surface area contributed by atoms with Gasteiger partial charge >= 0.3 is 5.69 Å². The van der Waals surface area contributed by atoms with Gasteiger partial charge in [0.25, 0.3) is 0 Å². The highest BCUT2D eigenvalue weighted by atomic mass is 16.1. The first kappa shape index (κ1) is 11.8. The maximum atomic E-state index is 11.5. The molecule has 0 aliphatic carbocycles. The van der Waals surface area contributed by atoms with Crippen molar-refractivity contribution in [3.63, 3.8) is 0 Å². The molecule has 0 unspecified atom stereocenters. The van der Waals surface area contributed by atoms with Crippen LogP contribution in [0.2, 0.25) is 0 Å². The van der Waals surface area contributed by atoms with E-state index in [0.29, 0.717) is 6.04 Å². The van der Waals surface area contributed by atoms with Crippen molar-refractivity contribution in [2.24, 2.45) is 0 Å². The molecule has 0 radical (unpaired) electrons. The van der Waals surface area contributed by atoms with Crippen molar-refractivity contribution in [1.82, 2.24) is 19.7 Å². The van der Waals surface area contributed by atoms with Crippen LogP contribution in [0.4, 0.5) is 0 Å². The zero-order chi connectivity index (χ0) is 13.6. The van der Waals surface area contributed by atoms with Crippen LogP contribution < -0.4 is 5.69 Å². The van der Waals surface area contributed by atoms with E-state index in [9.17, 15) is 4.79 Å². The summed E-state index contributed by atoms with van der Waals surface area (Å²) in [4.78, 5) is 17.1. The number of nitrogens with zero attached hydrogens (tertiary/aromatic N) is 2. The molecular weight excluding hydrogens is 240 g/mol. The van der Waals surface area contributed by atoms with Gasteiger partial charge in [0.05, 0.1) is 16.7 Å². The van der Waals surface area contributed by atoms with E-state index in [4.69, 9.17) is 0 Å². The van der Waals surface area contributed by atoms with Crippen LogP contribution in [-0.4, -0.2) is 19.7 Å². The molecule has 0 aliphatic heterocycles. The van der Waals surface area contributed by atoms with E-state index in [1.165, 1.54) is 0 Å². The summed E-state index contributed by atoms with van der Waals surface area (Å²) in [6.45, 7) is 6.19. The van der Waals surface area contributed by atoms with E-state index >= 15 is 0 Å². The molecule has 3 aromatic rings. The Kier molecular flexibility index (Phi) is 2.55. The summed E-state index contributed by atoms with van der Waals surface area (Å²) < 4.78 is 1.92. The largest absolute Gasteiger partial charge is 0.323 e. The minimum Gasteiger partial charge on any atom is -0.306 e. The van der Waals surface area contributed by atoms with Crippen molar-refractivity contribution >= 4 is 11.0 Å². The molecule has 5 nitrogen and oxygen atoms in total. The van der Waals surface area contributed by atoms with Crippen LogP contribution in [0.5, 0.6) is 0 Å². The number of imidazole rings is 1. The highest BCUT2D eigenvalue weighted by Gasteiger charge is 2.13. The van der Waals surface area contributed by atoms with E-state index in [1.54, 1.807) is 0 Å². The van der Waals surface area contributed by atoms with E-state index in [1.807, 2.05) is 36.0 Å². The Morgan fingerprint density at radius 2 is 2.00 bits per heavy atom. The molecule has 0 saturated heterocycles. The Hall–Kier alpha value is -2.30. The molecule has 0 fully saturated rings. The van der Waals surface area contributed by atoms with E-state index in [0.717, 1.165) is 27.9 Å². The second-order valence-corrected chi connectivity index (χ2v) is 5.03. The van der Waals surface area contributed by atoms with Gasteiger partial charge in [-0.1, -0.05) is 6.07 Å². The summed E-state index contributed by atoms with van der Waals surface area (Å²) in [6, 6.07) is 6.20. The lowest BCUT2D eigenvalue weighted by molar-refractivity contribution is 0.534. The molecule has 0 spiro atoms. The smallest absolute Gasteiger partial charge is 0.306 e. The summed E-state index contributed by atoms with van der Waals surface area (Å²) in [6.07, 6.45) is 1.96. The number of aromatic amines is 2. The SMILES string of the molecule is Cc1ccc2[nH]c(=O)[nH]c2c1-c1ccn(C(C)C)n1. The summed E-state index contributed by atoms with van der Waals surface area (Å²) in [5.74, 6) is 0. The first-order valence-electron chi connectivity index (χ1n) is 6.33. The van der Waals surface area contributed by atoms with Gasteiger partial charge in [0.1, 0.15) is 0 Å². The van der Waals surface area contributed by atoms with E-state index in [2.05, 4.69) is 28.9 Å². The molecule has 3 rings (SSSR count). The molecule has 0 atom stereocenters. The molecule has 2 aromatic heterocycles. The Bertz CT molecular complexity index is 791. The fourth-order valence-electron chi connectivity index (χ4n) is 2.30. The number of H-pyrrole nitrogens is 2. The molecule has 0 aliphatic rings. The number of hydrogen-bond donors (Lipinski definition) is 2. The average molecular weight is 256 g/mol. The quantitative estimate of drug-likeness (QED) is 0.740. The highest BCUT2D eigenvalue weighted by Crippen LogP contribution is 2.28. The standard InChI is InChI=1S/C14H16N4O/c1-8(2)18-7-6-10(17-18)12-9(3)4-5-11-13(12)16-14(19)15-11/h4-8H,1-3H3,(H2,15,16,19). The first-order valence-corrected chi connectivity index (χ1v) is 6.33. The third-order valence-electron chi connectivity index (χ3n) is 3.29. The zero-order valence-corrected chi connectivity index (χ0v) is 11.2. The predicted molar refractivity (Wildman–Crippen MR) is 75.3 cm³/mol. The number of fused-ring (bicyclic) bond motifs is 1. The van der Waals surface area contributed by atoms with Crippen LogP contribution in [0.15, 0.2) is 29.2 Å². The second kappa shape index (κ2) is 4.12. The third-order valence-corrected chi connectivity index (χ3v) is 3.29. The number of benzene rings is 1. The number of nitrogens with one attached hydrogen (secondary N) is 2. The zero-order valence-electron chi connectivity index (χ0n) is 11.2. The first-order chi connectivity index (χ1) is 9.06. The van der Waals surface area contributed by atoms with Crippen LogP contribution in [0.1, 0.15) is 25.5 Å². The van der Waals surface area contributed by atoms with Crippen molar-refractivity contribution in [1.29, 1.82) is 0 Å². The van der Waals surface area contributed by atoms with Crippen LogP contribution in [0, 0.1) is 6.92 Å². The van der Waals surface area contributed by atoms with Crippen LogP contribution in [0.3, 0.4) is 0 Å². The van der Waals surface area contributed by atoms with Crippen molar-refractivity contribution in [3.8, 4) is 11.3 Å². The van der Waals surface area contributed by atoms with E-state index in [-0.39, 0.29) is 5.69 Å². The van der Waals surface area contributed by atoms with Crippen LogP contribution in [-0.2, 0) is 0 Å². The molecule has 0 saturated carbocycles. The minimum atomic E-state index is -0.190. The van der Waals surface area contributed by atoms with Crippen molar-refractivity contribution < 1.29 is 0 Å². The number of rotatable bonds is 2. The van der Waals surface area contributed by atoms with E-state index < -0.39 is 0 Å². The third kappa shape index (κ3) is 1.87. The molecule has 98 valence electrons. The van der Waals surface area contributed by atoms with Gasteiger partial charge in [-0.2, -0.15) is 5.10 Å². The fourth-order valence-corrected chi connectivity index (χ4v) is 2.30. The number of aromatic nitrogens is 4. The van der Waals surface area contributed by atoms with Gasteiger partial charge in [0, 0.05) is 17.8 Å². The molecule has 2 N–H and O–H groups in total. The summed E-state index contributed by atoms with van der Waals surface area (Å²) in [5.41, 5.74) is 4.40. The molecule has 1 aromatic carbocycles. The Labute approximate surface area is 110 Å². The molecular formula is C14H16N4O. The highest BCUT2D eigenvalue weighted by molar-refractivity contribution is 5.92. The van der Waals surface area contributed by atoms with Gasteiger partial charge < -0.3 is 9.97 Å². The lowest BCUT2D eigenvalue weighted by atomic mass is 10.0. The summed E-state index contributed by atoms with van der Waals surface area (Å²) >= 11 is 0. The minimum absolute atomic E-state index is 0.190. The summed E-state index contributed by atoms with van der Waals surface area (Å²) in [5, 5.41) is 4.58. The van der Waals surface area contributed by atoms with Crippen LogP contribution in [0.25, 0.3) is 22.3 Å². The van der Waals surface area contributed by atoms with Gasteiger partial charge in [-0.05, 0) is 38.5 Å². The lowest BCUT2D eigenvalue weighted by Crippen LogP contribution is -2.01. The topological polar surface area (TPSA) is 66.5 Å².